The second kappa shape index (κ2) is 10.0. The lowest BCUT2D eigenvalue weighted by Crippen LogP contribution is -2.35. The van der Waals surface area contributed by atoms with Gasteiger partial charge in [0.25, 0.3) is 5.91 Å². The normalized spacial score (nSPS) is 15.4. The molecule has 0 saturated heterocycles. The van der Waals surface area contributed by atoms with Crippen LogP contribution >= 0.6 is 0 Å². The topological polar surface area (TPSA) is 112 Å². The highest BCUT2D eigenvalue weighted by atomic mass is 32.2. The Morgan fingerprint density at radius 2 is 1.82 bits per heavy atom. The summed E-state index contributed by atoms with van der Waals surface area (Å²) in [5, 5.41) is 11.3. The van der Waals surface area contributed by atoms with Crippen molar-refractivity contribution in [3.8, 4) is 11.5 Å². The van der Waals surface area contributed by atoms with Crippen LogP contribution in [0.2, 0.25) is 0 Å². The van der Waals surface area contributed by atoms with Gasteiger partial charge in [-0.1, -0.05) is 0 Å². The molecular formula is C23H24F2N4O4S. The Balaban J connectivity index is 2.20. The fourth-order valence-electron chi connectivity index (χ4n) is 3.14. The lowest BCUT2D eigenvalue weighted by Gasteiger charge is -2.26. The van der Waals surface area contributed by atoms with Crippen LogP contribution < -0.4 is 14.8 Å². The van der Waals surface area contributed by atoms with Gasteiger partial charge in [-0.3, -0.25) is 14.9 Å². The van der Waals surface area contributed by atoms with Crippen molar-refractivity contribution in [1.29, 1.82) is 5.41 Å². The third-order valence-electron chi connectivity index (χ3n) is 4.90. The Bertz CT molecular complexity index is 1310. The Morgan fingerprint density at radius 1 is 1.12 bits per heavy atom. The third kappa shape index (κ3) is 5.42. The highest BCUT2D eigenvalue weighted by Crippen LogP contribution is 2.38. The van der Waals surface area contributed by atoms with Crippen molar-refractivity contribution in [1.82, 2.24) is 10.2 Å². The van der Waals surface area contributed by atoms with Crippen molar-refractivity contribution in [2.45, 2.75) is 13.8 Å². The quantitative estimate of drug-likeness (QED) is 0.521. The number of anilines is 1. The van der Waals surface area contributed by atoms with Gasteiger partial charge in [0, 0.05) is 54.5 Å². The first-order valence-electron chi connectivity index (χ1n) is 10.4. The fourth-order valence-corrected chi connectivity index (χ4v) is 3.77. The standard InChI is InChI=1S/C23H24F2N4O4S/c1-4-27-12-17-18(13-29(3)23(30)22(17)26)16-11-15(28-34(31,32)5-2)7-9-20(16)33-21-8-6-14(24)10-19(21)25/h6-13,26-28H,4-5H2,1-3H3/b17-12-,26-22?. The number of nitrogens with one attached hydrogen (secondary N) is 3. The Hall–Kier alpha value is -3.73. The second-order valence-corrected chi connectivity index (χ2v) is 9.35. The Morgan fingerprint density at radius 3 is 2.47 bits per heavy atom. The molecule has 1 aliphatic heterocycles. The summed E-state index contributed by atoms with van der Waals surface area (Å²) in [6.45, 7) is 3.85. The third-order valence-corrected chi connectivity index (χ3v) is 6.21. The number of halogens is 2. The number of rotatable bonds is 8. The summed E-state index contributed by atoms with van der Waals surface area (Å²) in [6, 6.07) is 7.18. The van der Waals surface area contributed by atoms with Crippen LogP contribution in [0, 0.1) is 17.0 Å². The minimum atomic E-state index is -3.61. The van der Waals surface area contributed by atoms with Gasteiger partial charge in [-0.05, 0) is 44.2 Å². The van der Waals surface area contributed by atoms with Gasteiger partial charge in [-0.15, -0.1) is 0 Å². The molecular weight excluding hydrogens is 466 g/mol. The van der Waals surface area contributed by atoms with Gasteiger partial charge in [0.05, 0.1) is 5.75 Å². The summed E-state index contributed by atoms with van der Waals surface area (Å²) >= 11 is 0. The number of benzene rings is 2. The van der Waals surface area contributed by atoms with Crippen molar-refractivity contribution in [3.05, 3.63) is 71.6 Å². The van der Waals surface area contributed by atoms with E-state index in [0.29, 0.717) is 18.2 Å². The smallest absolute Gasteiger partial charge is 0.276 e. The molecule has 2 aromatic carbocycles. The first-order valence-corrected chi connectivity index (χ1v) is 12.0. The molecule has 0 spiro atoms. The number of allylic oxidation sites excluding steroid dienone is 1. The number of sulfonamides is 1. The van der Waals surface area contributed by atoms with Gasteiger partial charge < -0.3 is 15.0 Å². The number of amides is 1. The number of ether oxygens (including phenoxy) is 1. The highest BCUT2D eigenvalue weighted by molar-refractivity contribution is 7.92. The molecule has 180 valence electrons. The lowest BCUT2D eigenvalue weighted by molar-refractivity contribution is -0.120. The molecule has 3 rings (SSSR count). The minimum absolute atomic E-state index is 0.106. The van der Waals surface area contributed by atoms with Crippen LogP contribution in [0.1, 0.15) is 19.4 Å². The van der Waals surface area contributed by atoms with E-state index in [-0.39, 0.29) is 39.8 Å². The van der Waals surface area contributed by atoms with Crippen LogP contribution in [0.3, 0.4) is 0 Å². The van der Waals surface area contributed by atoms with E-state index in [1.165, 1.54) is 49.5 Å². The maximum absolute atomic E-state index is 14.3. The van der Waals surface area contributed by atoms with E-state index in [1.54, 1.807) is 0 Å². The van der Waals surface area contributed by atoms with Gasteiger partial charge in [-0.25, -0.2) is 17.2 Å². The number of carbonyl (C=O) groups excluding carboxylic acids is 1. The fraction of sp³-hybridized carbons (Fsp3) is 0.217. The average Bonchev–Trinajstić information content (AvgIpc) is 2.79. The zero-order chi connectivity index (χ0) is 25.0. The molecule has 2 aromatic rings. The van der Waals surface area contributed by atoms with E-state index < -0.39 is 27.6 Å². The molecule has 34 heavy (non-hydrogen) atoms. The van der Waals surface area contributed by atoms with Crippen molar-refractivity contribution in [2.75, 3.05) is 24.1 Å². The van der Waals surface area contributed by atoms with E-state index >= 15 is 0 Å². The Labute approximate surface area is 196 Å². The van der Waals surface area contributed by atoms with Crippen molar-refractivity contribution in [2.24, 2.45) is 0 Å². The van der Waals surface area contributed by atoms with Crippen LogP contribution in [0.15, 0.2) is 54.4 Å². The number of carbonyl (C=O) groups is 1. The van der Waals surface area contributed by atoms with E-state index in [4.69, 9.17) is 10.1 Å². The number of nitrogens with zero attached hydrogens (tertiary/aromatic N) is 1. The zero-order valence-electron chi connectivity index (χ0n) is 18.8. The zero-order valence-corrected chi connectivity index (χ0v) is 19.6. The van der Waals surface area contributed by atoms with Gasteiger partial charge in [0.15, 0.2) is 11.6 Å². The molecule has 1 amide bonds. The SMILES string of the molecule is CCN/C=C1\C(=N)C(=O)N(C)C=C1c1cc(NS(=O)(=O)CC)ccc1Oc1ccc(F)cc1F. The molecule has 1 heterocycles. The van der Waals surface area contributed by atoms with Gasteiger partial charge in [0.2, 0.25) is 10.0 Å². The van der Waals surface area contributed by atoms with Crippen molar-refractivity contribution < 1.29 is 26.7 Å². The van der Waals surface area contributed by atoms with Crippen LogP contribution in [0.4, 0.5) is 14.5 Å². The molecule has 8 nitrogen and oxygen atoms in total. The largest absolute Gasteiger partial charge is 0.454 e. The predicted molar refractivity (Wildman–Crippen MR) is 126 cm³/mol. The minimum Gasteiger partial charge on any atom is -0.454 e. The summed E-state index contributed by atoms with van der Waals surface area (Å²) < 4.78 is 60.0. The van der Waals surface area contributed by atoms with Crippen LogP contribution in [0.25, 0.3) is 5.57 Å². The monoisotopic (exact) mass is 490 g/mol. The summed E-state index contributed by atoms with van der Waals surface area (Å²) in [4.78, 5) is 13.6. The molecule has 11 heteroatoms. The molecule has 0 bridgehead atoms. The van der Waals surface area contributed by atoms with Gasteiger partial charge >= 0.3 is 0 Å². The first-order chi connectivity index (χ1) is 16.1. The van der Waals surface area contributed by atoms with E-state index in [9.17, 15) is 22.0 Å². The van der Waals surface area contributed by atoms with Crippen molar-refractivity contribution in [3.63, 3.8) is 0 Å². The van der Waals surface area contributed by atoms with E-state index in [2.05, 4.69) is 10.0 Å². The molecule has 0 fully saturated rings. The highest BCUT2D eigenvalue weighted by Gasteiger charge is 2.29. The number of hydrogen-bond donors (Lipinski definition) is 3. The molecule has 3 N–H and O–H groups in total. The summed E-state index contributed by atoms with van der Waals surface area (Å²) in [6.07, 6.45) is 2.98. The molecule has 0 aliphatic carbocycles. The molecule has 0 unspecified atom stereocenters. The maximum Gasteiger partial charge on any atom is 0.276 e. The van der Waals surface area contributed by atoms with Crippen LogP contribution in [0.5, 0.6) is 11.5 Å². The predicted octanol–water partition coefficient (Wildman–Crippen LogP) is 3.84. The van der Waals surface area contributed by atoms with Crippen LogP contribution in [-0.2, 0) is 14.8 Å². The molecule has 1 aliphatic rings. The van der Waals surface area contributed by atoms with E-state index in [0.717, 1.165) is 12.1 Å². The second-order valence-electron chi connectivity index (χ2n) is 7.34. The molecule has 0 aromatic heterocycles. The number of hydrogen-bond acceptors (Lipinski definition) is 6. The van der Waals surface area contributed by atoms with Gasteiger partial charge in [-0.2, -0.15) is 0 Å². The van der Waals surface area contributed by atoms with Gasteiger partial charge in [0.1, 0.15) is 17.3 Å². The molecule has 0 radical (unpaired) electrons. The van der Waals surface area contributed by atoms with Crippen molar-refractivity contribution >= 4 is 32.9 Å². The molecule has 0 atom stereocenters. The lowest BCUT2D eigenvalue weighted by atomic mass is 9.91. The van der Waals surface area contributed by atoms with E-state index in [1.807, 2.05) is 6.92 Å². The van der Waals surface area contributed by atoms with Crippen LogP contribution in [-0.4, -0.2) is 44.3 Å². The summed E-state index contributed by atoms with van der Waals surface area (Å²) in [7, 11) is -2.13. The maximum atomic E-state index is 14.3. The summed E-state index contributed by atoms with van der Waals surface area (Å²) in [5.74, 6) is -2.54. The summed E-state index contributed by atoms with van der Waals surface area (Å²) in [5.41, 5.74) is 0.805. The Kier molecular flexibility index (Phi) is 7.35. The average molecular weight is 491 g/mol. The first kappa shape index (κ1) is 24.9. The molecule has 0 saturated carbocycles.